The fourth-order valence-electron chi connectivity index (χ4n) is 11.5. The molecule has 28 heteroatoms. The van der Waals surface area contributed by atoms with Crippen molar-refractivity contribution >= 4 is 111 Å². The van der Waals surface area contributed by atoms with Crippen molar-refractivity contribution in [1.82, 2.24) is 34.5 Å². The van der Waals surface area contributed by atoms with Crippen molar-refractivity contribution < 1.29 is 71.6 Å². The number of aromatic nitrogens is 4. The molecule has 26 nitrogen and oxygen atoms in total. The number of methoxy groups -OCH3 is 1. The molecule has 0 spiro atoms. The van der Waals surface area contributed by atoms with Gasteiger partial charge in [0.05, 0.1) is 35.7 Å². The lowest BCUT2D eigenvalue weighted by Crippen LogP contribution is -2.55. The minimum atomic E-state index is -1.84. The number of imide groups is 2. The van der Waals surface area contributed by atoms with Crippen LogP contribution in [0.4, 0.5) is 32.3 Å². The van der Waals surface area contributed by atoms with Crippen LogP contribution in [-0.2, 0) is 54.4 Å². The standard InChI is InChI=1S/C37H43ClN4O7.C31H39N3O8.C12H11ClN4/c1-8-28(49-29-18-15-22(3)19-23(29)4)32(44)39-25-16-17-26(38)27(20-25)40-33(45)30(31(43)37(5,6)7)42-34(46)35(48-9-2)41(36(42)47)21-24-13-11-10-12-14-24;1-10-21(41-22-13-11-17(2)15-18(22)3)26(36)32-19-12-14-23(40-9)20(16-19)33-27(37)24(25(35)30(4,5)6)34-28(38)31(7,8)42-29(34)39;1-7-3-5-9(6-4-7)11-14-12-10(13)8(2)15-17(12)16-11/h10-20,28,30,35H,8-9,21H2,1-7H3,(H,39,44)(H,40,45);11-16,21,24H,10H2,1-9H3,(H,32,36)(H,33,37);3-6,15H,1-2H3. The van der Waals surface area contributed by atoms with E-state index in [0.29, 0.717) is 62.0 Å². The number of nitrogens with one attached hydrogen (secondary N) is 5. The lowest BCUT2D eigenvalue weighted by atomic mass is 9.85. The molecule has 2 aliphatic rings. The Hall–Kier alpha value is -11.0. The van der Waals surface area contributed by atoms with Crippen LogP contribution < -0.4 is 35.5 Å². The number of aromatic amines is 1. The van der Waals surface area contributed by atoms with Crippen LogP contribution in [0.2, 0.25) is 10.0 Å². The van der Waals surface area contributed by atoms with Gasteiger partial charge < -0.3 is 45.0 Å². The van der Waals surface area contributed by atoms with Crippen molar-refractivity contribution in [3.05, 3.63) is 177 Å². The van der Waals surface area contributed by atoms with E-state index in [1.165, 1.54) is 55.7 Å². The van der Waals surface area contributed by atoms with Gasteiger partial charge >= 0.3 is 12.1 Å². The molecule has 108 heavy (non-hydrogen) atoms. The number of halogens is 2. The lowest BCUT2D eigenvalue weighted by Gasteiger charge is -2.29. The van der Waals surface area contributed by atoms with E-state index in [0.717, 1.165) is 39.1 Å². The number of Topliss-reactive ketones (excluding diaryl/α,β-unsaturated/α-hetero) is 2. The zero-order valence-corrected chi connectivity index (χ0v) is 65.4. The van der Waals surface area contributed by atoms with Gasteiger partial charge in [0, 0.05) is 34.4 Å². The average molecular weight is 1520 g/mol. The van der Waals surface area contributed by atoms with Gasteiger partial charge in [-0.2, -0.15) is 4.63 Å². The second-order valence-electron chi connectivity index (χ2n) is 28.7. The Labute approximate surface area is 637 Å². The number of nitrogens with zero attached hydrogens (tertiary/aromatic N) is 6. The fraction of sp³-hybridized carbons (Fsp3) is 0.375. The van der Waals surface area contributed by atoms with Gasteiger partial charge in [0.2, 0.25) is 6.23 Å². The monoisotopic (exact) mass is 1520 g/mol. The molecule has 4 heterocycles. The number of aryl methyl sites for hydroxylation is 6. The van der Waals surface area contributed by atoms with E-state index >= 15 is 0 Å². The molecule has 0 radical (unpaired) electrons. The zero-order chi connectivity index (χ0) is 79.6. The molecular weight excluding hydrogens is 1430 g/mol. The van der Waals surface area contributed by atoms with E-state index in [2.05, 4.69) is 43.4 Å². The molecule has 0 saturated carbocycles. The van der Waals surface area contributed by atoms with Crippen molar-refractivity contribution in [3.8, 4) is 28.6 Å². The van der Waals surface area contributed by atoms with Crippen LogP contribution in [0.3, 0.4) is 0 Å². The Morgan fingerprint density at radius 1 is 0.602 bits per heavy atom. The Morgan fingerprint density at radius 2 is 1.09 bits per heavy atom. The SMILES string of the molecule is CCC(Oc1ccc(C)cc1C)C(=O)Nc1ccc(OC)c(NC(=O)C(C(=O)C(C)(C)C)N2C(=O)OC(C)(C)C2=O)c1.CCOC1C(=O)N(C(C(=O)Nc2cc(NC(=O)C(CC)Oc3ccc(C)cc3C)ccc2Cl)C(=O)C(C)(C)C)C(=O)N1Cc1ccccc1.Cc1ccc(-c2nc3c(Cl)c(C)[nH]n3n2)cc1. The van der Waals surface area contributed by atoms with Gasteiger partial charge in [-0.25, -0.2) is 24.4 Å². The number of amides is 9. The number of cyclic esters (lactones) is 1. The summed E-state index contributed by atoms with van der Waals surface area (Å²) < 4.78 is 29.8. The summed E-state index contributed by atoms with van der Waals surface area (Å²) in [4.78, 5) is 141. The number of anilines is 4. The van der Waals surface area contributed by atoms with Gasteiger partial charge in [0.25, 0.3) is 35.4 Å². The number of fused-ring (bicyclic) bond motifs is 1. The highest BCUT2D eigenvalue weighted by Crippen LogP contribution is 2.36. The van der Waals surface area contributed by atoms with Gasteiger partial charge in [0.1, 0.15) is 22.3 Å². The lowest BCUT2D eigenvalue weighted by molar-refractivity contribution is -0.149. The maximum Gasteiger partial charge on any atom is 0.418 e. The number of benzene rings is 6. The van der Waals surface area contributed by atoms with Gasteiger partial charge in [-0.1, -0.05) is 174 Å². The van der Waals surface area contributed by atoms with Crippen molar-refractivity contribution in [1.29, 1.82) is 0 Å². The van der Waals surface area contributed by atoms with Gasteiger partial charge in [-0.3, -0.25) is 48.4 Å². The molecule has 9 amide bonds. The molecule has 10 rings (SSSR count). The van der Waals surface area contributed by atoms with Gasteiger partial charge in [-0.15, -0.1) is 5.10 Å². The van der Waals surface area contributed by atoms with E-state index in [9.17, 15) is 47.9 Å². The summed E-state index contributed by atoms with van der Waals surface area (Å²) in [5.74, 6) is -3.61. The Kier molecular flexibility index (Phi) is 26.6. The number of H-pyrrole nitrogens is 1. The number of carbonyl (C=O) groups is 10. The molecule has 5 unspecified atom stereocenters. The Bertz CT molecular complexity index is 4720. The van der Waals surface area contributed by atoms with Crippen LogP contribution in [0, 0.1) is 52.4 Å². The van der Waals surface area contributed by atoms with Crippen LogP contribution in [0.1, 0.15) is 128 Å². The second kappa shape index (κ2) is 34.7. The predicted molar refractivity (Wildman–Crippen MR) is 411 cm³/mol. The van der Waals surface area contributed by atoms with Crippen LogP contribution >= 0.6 is 23.2 Å². The molecule has 0 bridgehead atoms. The van der Waals surface area contributed by atoms with Crippen molar-refractivity contribution in [2.75, 3.05) is 35.0 Å². The number of ether oxygens (including phenoxy) is 5. The van der Waals surface area contributed by atoms with E-state index < -0.39 is 106 Å². The fourth-order valence-corrected chi connectivity index (χ4v) is 11.8. The summed E-state index contributed by atoms with van der Waals surface area (Å²) in [5, 5.41) is 18.9. The Morgan fingerprint density at radius 3 is 1.56 bits per heavy atom. The van der Waals surface area contributed by atoms with Gasteiger partial charge in [0.15, 0.2) is 52.9 Å². The number of rotatable bonds is 24. The molecule has 0 aliphatic carbocycles. The number of ketones is 2. The molecular formula is C80H93Cl2N11O15. The van der Waals surface area contributed by atoms with Crippen LogP contribution in [0.5, 0.6) is 17.2 Å². The van der Waals surface area contributed by atoms with Crippen molar-refractivity contribution in [2.24, 2.45) is 10.8 Å². The van der Waals surface area contributed by atoms with E-state index in [-0.39, 0.29) is 35.3 Å². The third-order valence-electron chi connectivity index (χ3n) is 17.4. The molecule has 6 aromatic carbocycles. The summed E-state index contributed by atoms with van der Waals surface area (Å²) in [6.07, 6.45) is -3.25. The molecule has 8 aromatic rings. The third-order valence-corrected chi connectivity index (χ3v) is 18.2. The summed E-state index contributed by atoms with van der Waals surface area (Å²) in [5.41, 5.74) is 5.45. The van der Waals surface area contributed by atoms with Crippen molar-refractivity contribution in [3.63, 3.8) is 0 Å². The molecule has 2 aliphatic heterocycles. The van der Waals surface area contributed by atoms with Crippen LogP contribution in [0.15, 0.2) is 127 Å². The van der Waals surface area contributed by atoms with Crippen molar-refractivity contribution in [2.45, 2.75) is 173 Å². The highest BCUT2D eigenvalue weighted by molar-refractivity contribution is 6.34. The third kappa shape index (κ3) is 19.6. The molecule has 5 N–H and O–H groups in total. The first kappa shape index (κ1) is 82.7. The number of urea groups is 1. The topological polar surface area (TPSA) is 321 Å². The minimum absolute atomic E-state index is 0.0180. The normalized spacial score (nSPS) is 15.2. The minimum Gasteiger partial charge on any atom is -0.495 e. The largest absolute Gasteiger partial charge is 0.495 e. The molecule has 2 aromatic heterocycles. The maximum absolute atomic E-state index is 14.0. The highest BCUT2D eigenvalue weighted by Gasteiger charge is 2.56. The Balaban J connectivity index is 0.000000224. The second-order valence-corrected chi connectivity index (χ2v) is 29.5. The molecule has 2 fully saturated rings. The number of hydrogen-bond acceptors (Lipinski definition) is 17. The molecule has 572 valence electrons. The first-order valence-corrected chi connectivity index (χ1v) is 35.9. The summed E-state index contributed by atoms with van der Waals surface area (Å²) in [6.45, 7) is 29.4. The van der Waals surface area contributed by atoms with E-state index in [1.54, 1.807) is 89.5 Å². The maximum atomic E-state index is 14.0. The molecule has 5 atom stereocenters. The molecule has 2 saturated heterocycles. The van der Waals surface area contributed by atoms with E-state index in [1.807, 2.05) is 115 Å². The van der Waals surface area contributed by atoms with Crippen LogP contribution in [0.25, 0.3) is 17.0 Å². The van der Waals surface area contributed by atoms with E-state index in [4.69, 9.17) is 46.9 Å². The average Bonchev–Trinajstić information content (AvgIpc) is 1.58. The summed E-state index contributed by atoms with van der Waals surface area (Å²) >= 11 is 12.6. The predicted octanol–water partition coefficient (Wildman–Crippen LogP) is 14.3. The van der Waals surface area contributed by atoms with Crippen LogP contribution in [-0.4, -0.2) is 143 Å². The van der Waals surface area contributed by atoms with Gasteiger partial charge in [-0.05, 0) is 140 Å². The smallest absolute Gasteiger partial charge is 0.418 e. The number of carbonyl (C=O) groups excluding carboxylic acids is 10. The summed E-state index contributed by atoms with van der Waals surface area (Å²) in [7, 11) is 1.38. The first-order valence-electron chi connectivity index (χ1n) is 35.1. The summed E-state index contributed by atoms with van der Waals surface area (Å²) in [6, 6.07) is 33.0. The highest BCUT2D eigenvalue weighted by atomic mass is 35.5. The number of hydrogen-bond donors (Lipinski definition) is 5. The first-order chi connectivity index (χ1) is 50.8. The quantitative estimate of drug-likeness (QED) is 0.0277. The zero-order valence-electron chi connectivity index (χ0n) is 63.9.